The predicted molar refractivity (Wildman–Crippen MR) is 110 cm³/mol. The first-order valence-corrected chi connectivity index (χ1v) is 11.6. The van der Waals surface area contributed by atoms with Crippen LogP contribution < -0.4 is 0 Å². The molecule has 248 valence electrons. The Morgan fingerprint density at radius 2 is 1.14 bits per heavy atom. The highest BCUT2D eigenvalue weighted by molar-refractivity contribution is 5.84. The minimum Gasteiger partial charge on any atom is -0.459 e. The van der Waals surface area contributed by atoms with Crippen LogP contribution in [0.3, 0.4) is 0 Å². The van der Waals surface area contributed by atoms with Crippen LogP contribution in [-0.4, -0.2) is 67.4 Å². The molecular formula is C22H26F14O6. The number of carbonyl (C=O) groups is 3. The Hall–Kier alpha value is -2.57. The summed E-state index contributed by atoms with van der Waals surface area (Å²) in [6, 6.07) is 0. The van der Waals surface area contributed by atoms with Crippen LogP contribution in [0.4, 0.5) is 61.5 Å². The van der Waals surface area contributed by atoms with Crippen molar-refractivity contribution in [2.75, 3.05) is 6.61 Å². The summed E-state index contributed by atoms with van der Waals surface area (Å²) < 4.78 is 195. The summed E-state index contributed by atoms with van der Waals surface area (Å²) >= 11 is 0. The van der Waals surface area contributed by atoms with E-state index in [2.05, 4.69) is 14.2 Å². The molecule has 20 heteroatoms. The van der Waals surface area contributed by atoms with Gasteiger partial charge >= 0.3 is 42.6 Å². The summed E-state index contributed by atoms with van der Waals surface area (Å²) in [6.07, 6.45) is -36.3. The Morgan fingerprint density at radius 3 is 1.48 bits per heavy atom. The van der Waals surface area contributed by atoms with Crippen LogP contribution in [0, 0.1) is 16.7 Å². The van der Waals surface area contributed by atoms with Gasteiger partial charge < -0.3 is 14.2 Å². The van der Waals surface area contributed by atoms with Crippen molar-refractivity contribution < 1.29 is 90.1 Å². The highest BCUT2D eigenvalue weighted by atomic mass is 19.4. The van der Waals surface area contributed by atoms with Crippen LogP contribution in [0.1, 0.15) is 53.9 Å². The lowest BCUT2D eigenvalue weighted by Gasteiger charge is -2.38. The van der Waals surface area contributed by atoms with Crippen LogP contribution >= 0.6 is 0 Å². The van der Waals surface area contributed by atoms with E-state index in [1.807, 2.05) is 0 Å². The minimum atomic E-state index is -6.22. The second kappa shape index (κ2) is 13.0. The van der Waals surface area contributed by atoms with E-state index < -0.39 is 103 Å². The highest BCUT2D eigenvalue weighted by Gasteiger charge is 2.63. The third-order valence-electron chi connectivity index (χ3n) is 5.87. The van der Waals surface area contributed by atoms with E-state index in [4.69, 9.17) is 0 Å². The number of esters is 3. The molecule has 3 unspecified atom stereocenters. The number of ether oxygens (including phenoxy) is 3. The lowest BCUT2D eigenvalue weighted by Crippen LogP contribution is -2.52. The van der Waals surface area contributed by atoms with Gasteiger partial charge in [0.05, 0.1) is 5.41 Å². The molecule has 0 fully saturated rings. The molecule has 0 aliphatic heterocycles. The monoisotopic (exact) mass is 652 g/mol. The number of alkyl halides is 14. The number of halogens is 14. The van der Waals surface area contributed by atoms with E-state index in [0.717, 1.165) is 20.8 Å². The molecule has 0 aliphatic rings. The number of hydrogen-bond donors (Lipinski definition) is 0. The van der Waals surface area contributed by atoms with Crippen molar-refractivity contribution in [3.05, 3.63) is 0 Å². The molecule has 0 aliphatic carbocycles. The van der Waals surface area contributed by atoms with Crippen molar-refractivity contribution >= 4 is 17.9 Å². The summed E-state index contributed by atoms with van der Waals surface area (Å²) in [4.78, 5) is 37.3. The van der Waals surface area contributed by atoms with Gasteiger partial charge in [0, 0.05) is 5.92 Å². The quantitative estimate of drug-likeness (QED) is 0.127. The van der Waals surface area contributed by atoms with Crippen LogP contribution in [0.25, 0.3) is 0 Å². The molecule has 0 aromatic carbocycles. The Morgan fingerprint density at radius 1 is 0.690 bits per heavy atom. The maximum atomic E-state index is 14.1. The molecule has 0 N–H and O–H groups in total. The van der Waals surface area contributed by atoms with Crippen LogP contribution in [0.5, 0.6) is 0 Å². The fraction of sp³-hybridized carbons (Fsp3) is 0.864. The minimum absolute atomic E-state index is 0.0612. The largest absolute Gasteiger partial charge is 0.459 e. The Bertz CT molecular complexity index is 939. The van der Waals surface area contributed by atoms with Crippen molar-refractivity contribution in [3.8, 4) is 0 Å². The summed E-state index contributed by atoms with van der Waals surface area (Å²) in [5.74, 6) is -13.2. The third-order valence-corrected chi connectivity index (χ3v) is 5.87. The van der Waals surface area contributed by atoms with E-state index in [-0.39, 0.29) is 6.92 Å². The molecule has 0 saturated heterocycles. The van der Waals surface area contributed by atoms with Gasteiger partial charge in [-0.2, -0.15) is 52.7 Å². The molecule has 0 spiro atoms. The van der Waals surface area contributed by atoms with Crippen molar-refractivity contribution in [2.24, 2.45) is 16.7 Å². The average Bonchev–Trinajstić information content (AvgIpc) is 2.74. The lowest BCUT2D eigenvalue weighted by atomic mass is 9.71. The van der Waals surface area contributed by atoms with Gasteiger partial charge in [0.2, 0.25) is 6.10 Å². The Kier molecular flexibility index (Phi) is 12.2. The fourth-order valence-corrected chi connectivity index (χ4v) is 3.30. The van der Waals surface area contributed by atoms with E-state index >= 15 is 0 Å². The van der Waals surface area contributed by atoms with Crippen molar-refractivity contribution in [1.29, 1.82) is 0 Å². The Labute approximate surface area is 229 Å². The lowest BCUT2D eigenvalue weighted by molar-refractivity contribution is -0.315. The predicted octanol–water partition coefficient (Wildman–Crippen LogP) is 7.10. The van der Waals surface area contributed by atoms with Crippen LogP contribution in [-0.2, 0) is 28.6 Å². The standard InChI is InChI=1S/C22H26F14O6/c1-6-16(4,14(38)40-9-18(23,24)8-19(25,26)27)7-17(5,22(34,35)36)15(39)41-11(10(2)3)12(37)42-13(20(28,29)30)21(31,32)33/h10-11,13H,6-9H2,1-5H3. The van der Waals surface area contributed by atoms with Gasteiger partial charge in [-0.25, -0.2) is 13.6 Å². The molecule has 0 bridgehead atoms. The smallest absolute Gasteiger partial charge is 0.434 e. The Balaban J connectivity index is 6.22. The first kappa shape index (κ1) is 39.4. The van der Waals surface area contributed by atoms with Crippen molar-refractivity contribution in [2.45, 2.75) is 96.7 Å². The first-order chi connectivity index (χ1) is 18.3. The van der Waals surface area contributed by atoms with Gasteiger partial charge in [-0.15, -0.1) is 0 Å². The topological polar surface area (TPSA) is 78.9 Å². The van der Waals surface area contributed by atoms with Gasteiger partial charge in [0.1, 0.15) is 6.42 Å². The van der Waals surface area contributed by atoms with Crippen LogP contribution in [0.2, 0.25) is 0 Å². The van der Waals surface area contributed by atoms with Gasteiger partial charge in [-0.3, -0.25) is 9.59 Å². The molecule has 0 aromatic rings. The van der Waals surface area contributed by atoms with E-state index in [0.29, 0.717) is 6.92 Å². The molecule has 0 amide bonds. The van der Waals surface area contributed by atoms with E-state index in [1.165, 1.54) is 0 Å². The van der Waals surface area contributed by atoms with Gasteiger partial charge in [-0.05, 0) is 26.7 Å². The average molecular weight is 652 g/mol. The molecule has 6 nitrogen and oxygen atoms in total. The summed E-state index contributed by atoms with van der Waals surface area (Å²) in [6.45, 7) is 1.21. The molecule has 3 atom stereocenters. The first-order valence-electron chi connectivity index (χ1n) is 11.6. The maximum absolute atomic E-state index is 14.1. The molecule has 0 radical (unpaired) electrons. The summed E-state index contributed by atoms with van der Waals surface area (Å²) in [5, 5.41) is 0. The zero-order valence-electron chi connectivity index (χ0n) is 22.3. The molecule has 42 heavy (non-hydrogen) atoms. The van der Waals surface area contributed by atoms with Gasteiger partial charge in [0.25, 0.3) is 12.0 Å². The highest BCUT2D eigenvalue weighted by Crippen LogP contribution is 2.49. The molecular weight excluding hydrogens is 626 g/mol. The normalized spacial score (nSPS) is 17.4. The molecule has 0 rings (SSSR count). The SMILES string of the molecule is CCC(C)(CC(C)(C(=O)OC(C(=O)OC(C(F)(F)F)C(F)(F)F)C(C)C)C(F)(F)F)C(=O)OCC(F)(F)CC(F)(F)F. The molecule has 0 heterocycles. The van der Waals surface area contributed by atoms with E-state index in [9.17, 15) is 75.8 Å². The second-order valence-corrected chi connectivity index (χ2v) is 10.1. The number of rotatable bonds is 12. The second-order valence-electron chi connectivity index (χ2n) is 10.1. The third kappa shape index (κ3) is 10.9. The summed E-state index contributed by atoms with van der Waals surface area (Å²) in [7, 11) is 0. The summed E-state index contributed by atoms with van der Waals surface area (Å²) in [5.41, 5.74) is -6.45. The number of carbonyl (C=O) groups excluding carboxylic acids is 3. The zero-order valence-corrected chi connectivity index (χ0v) is 22.3. The van der Waals surface area contributed by atoms with Crippen molar-refractivity contribution in [3.63, 3.8) is 0 Å². The zero-order chi connectivity index (χ0) is 33.9. The van der Waals surface area contributed by atoms with Crippen LogP contribution in [0.15, 0.2) is 0 Å². The fourth-order valence-electron chi connectivity index (χ4n) is 3.30. The maximum Gasteiger partial charge on any atom is 0.434 e. The van der Waals surface area contributed by atoms with Gasteiger partial charge in [-0.1, -0.05) is 20.8 Å². The van der Waals surface area contributed by atoms with Gasteiger partial charge in [0.15, 0.2) is 12.0 Å². The molecule has 0 saturated carbocycles. The number of hydrogen-bond acceptors (Lipinski definition) is 6. The molecule has 0 aromatic heterocycles. The van der Waals surface area contributed by atoms with Crippen molar-refractivity contribution in [1.82, 2.24) is 0 Å². The van der Waals surface area contributed by atoms with E-state index in [1.54, 1.807) is 0 Å².